The van der Waals surface area contributed by atoms with Gasteiger partial charge >= 0.3 is 16.2 Å². The highest BCUT2D eigenvalue weighted by Crippen LogP contribution is 2.24. The van der Waals surface area contributed by atoms with Gasteiger partial charge in [-0.05, 0) is 12.1 Å². The van der Waals surface area contributed by atoms with Crippen LogP contribution in [0, 0.1) is 0 Å². The third-order valence-electron chi connectivity index (χ3n) is 3.32. The molecule has 2 rings (SSSR count). The largest absolute Gasteiger partial charge is 0.481 e. The lowest BCUT2D eigenvalue weighted by atomic mass is 10.1. The van der Waals surface area contributed by atoms with E-state index in [-0.39, 0.29) is 33.3 Å². The number of nitrogens with zero attached hydrogens (tertiary/aromatic N) is 3. The van der Waals surface area contributed by atoms with E-state index >= 15 is 0 Å². The number of hydrogen-bond donors (Lipinski definition) is 3. The number of hydrogen-bond acceptors (Lipinski definition) is 9. The minimum Gasteiger partial charge on any atom is -0.481 e. The lowest BCUT2D eigenvalue weighted by Gasteiger charge is -2.22. The number of hydroxylamine groups is 1. The van der Waals surface area contributed by atoms with Gasteiger partial charge in [-0.1, -0.05) is 12.1 Å². The number of amides is 3. The quantitative estimate of drug-likeness (QED) is 0.516. The molecule has 1 aromatic carbocycles. The third kappa shape index (κ3) is 5.28. The number of carbonyl (C=O) groups excluding carboxylic acids is 2. The maximum absolute atomic E-state index is 12.7. The zero-order chi connectivity index (χ0) is 21.6. The maximum Gasteiger partial charge on any atom is 0.343 e. The van der Waals surface area contributed by atoms with E-state index in [0.29, 0.717) is 0 Å². The van der Waals surface area contributed by atoms with Crippen LogP contribution in [0.15, 0.2) is 30.3 Å². The summed E-state index contributed by atoms with van der Waals surface area (Å²) in [6, 6.07) is 5.46. The molecule has 0 fully saturated rings. The van der Waals surface area contributed by atoms with Crippen LogP contribution >= 0.6 is 0 Å². The van der Waals surface area contributed by atoms with E-state index in [4.69, 9.17) is 14.6 Å². The average Bonchev–Trinajstić information content (AvgIpc) is 2.67. The van der Waals surface area contributed by atoms with Gasteiger partial charge in [-0.15, -0.1) is 0 Å². The number of carbonyl (C=O) groups is 2. The molecule has 0 aliphatic heterocycles. The number of methoxy groups -OCH3 is 2. The van der Waals surface area contributed by atoms with Gasteiger partial charge in [-0.2, -0.15) is 22.7 Å². The molecule has 0 saturated heterocycles. The summed E-state index contributed by atoms with van der Waals surface area (Å²) in [5, 5.41) is 7.38. The van der Waals surface area contributed by atoms with Crippen molar-refractivity contribution in [2.24, 2.45) is 5.14 Å². The Bertz CT molecular complexity index is 992. The van der Waals surface area contributed by atoms with Gasteiger partial charge in [0.1, 0.15) is 0 Å². The van der Waals surface area contributed by atoms with E-state index in [9.17, 15) is 18.0 Å². The number of rotatable bonds is 7. The van der Waals surface area contributed by atoms with Gasteiger partial charge in [-0.3, -0.25) is 14.9 Å². The highest BCUT2D eigenvalue weighted by Gasteiger charge is 2.30. The predicted molar refractivity (Wildman–Crippen MR) is 101 cm³/mol. The minimum absolute atomic E-state index is 0.0502. The van der Waals surface area contributed by atoms with Gasteiger partial charge in [0, 0.05) is 0 Å². The second kappa shape index (κ2) is 9.13. The summed E-state index contributed by atoms with van der Waals surface area (Å²) in [4.78, 5) is 37.2. The number of anilines is 2. The lowest BCUT2D eigenvalue weighted by molar-refractivity contribution is 0.0538. The molecule has 156 valence electrons. The first-order valence-electron chi connectivity index (χ1n) is 7.74. The molecule has 0 unspecified atom stereocenters. The first-order valence-corrected chi connectivity index (χ1v) is 9.25. The first-order chi connectivity index (χ1) is 13.7. The second-order valence-corrected chi connectivity index (χ2v) is 6.56. The summed E-state index contributed by atoms with van der Waals surface area (Å²) in [6.07, 6.45) is 0. The van der Waals surface area contributed by atoms with Crippen molar-refractivity contribution in [2.45, 2.75) is 0 Å². The fourth-order valence-electron chi connectivity index (χ4n) is 2.17. The summed E-state index contributed by atoms with van der Waals surface area (Å²) >= 11 is 0. The standard InChI is InChI=1S/C15H18N6O7S/c1-26-11-8-12(27-2)18-14(17-11)19-15(23)21(29(16,24)25)10-7-5-4-6-9(10)13(22)20-28-3/h4-8H,1-3H3,(H,20,22)(H2,16,24,25)(H,17,18,19,23). The molecule has 0 saturated carbocycles. The van der Waals surface area contributed by atoms with Crippen molar-refractivity contribution in [2.75, 3.05) is 31.0 Å². The maximum atomic E-state index is 12.7. The Hall–Kier alpha value is -3.49. The van der Waals surface area contributed by atoms with E-state index in [1.807, 2.05) is 5.48 Å². The molecule has 0 radical (unpaired) electrons. The van der Waals surface area contributed by atoms with E-state index in [2.05, 4.69) is 20.1 Å². The van der Waals surface area contributed by atoms with Crippen LogP contribution in [0.2, 0.25) is 0 Å². The van der Waals surface area contributed by atoms with Crippen molar-refractivity contribution in [3.05, 3.63) is 35.9 Å². The van der Waals surface area contributed by atoms with Crippen molar-refractivity contribution in [1.82, 2.24) is 15.4 Å². The molecule has 0 aliphatic carbocycles. The van der Waals surface area contributed by atoms with E-state index in [0.717, 1.165) is 0 Å². The number of nitrogens with one attached hydrogen (secondary N) is 2. The van der Waals surface area contributed by atoms with Crippen LogP contribution in [0.5, 0.6) is 11.8 Å². The smallest absolute Gasteiger partial charge is 0.343 e. The van der Waals surface area contributed by atoms with E-state index in [1.54, 1.807) is 0 Å². The van der Waals surface area contributed by atoms with Gasteiger partial charge in [0.2, 0.25) is 17.7 Å². The number of urea groups is 1. The fourth-order valence-corrected chi connectivity index (χ4v) is 2.88. The van der Waals surface area contributed by atoms with Crippen LogP contribution in [-0.4, -0.2) is 51.7 Å². The van der Waals surface area contributed by atoms with Gasteiger partial charge in [-0.25, -0.2) is 15.4 Å². The fraction of sp³-hybridized carbons (Fsp3) is 0.200. The molecular formula is C15H18N6O7S. The first kappa shape index (κ1) is 21.8. The molecule has 0 atom stereocenters. The number of nitrogens with two attached hydrogens (primary N) is 1. The van der Waals surface area contributed by atoms with Crippen LogP contribution in [-0.2, 0) is 15.0 Å². The van der Waals surface area contributed by atoms with Crippen LogP contribution in [0.25, 0.3) is 0 Å². The van der Waals surface area contributed by atoms with Crippen molar-refractivity contribution >= 4 is 33.8 Å². The monoisotopic (exact) mass is 426 g/mol. The second-order valence-electron chi connectivity index (χ2n) is 5.17. The Labute approximate surface area is 165 Å². The highest BCUT2D eigenvalue weighted by molar-refractivity contribution is 7.91. The van der Waals surface area contributed by atoms with Crippen molar-refractivity contribution in [3.8, 4) is 11.8 Å². The van der Waals surface area contributed by atoms with Gasteiger partial charge in [0.15, 0.2) is 0 Å². The molecule has 29 heavy (non-hydrogen) atoms. The number of aromatic nitrogens is 2. The molecule has 0 spiro atoms. The topological polar surface area (TPSA) is 175 Å². The number of ether oxygens (including phenoxy) is 2. The zero-order valence-corrected chi connectivity index (χ0v) is 16.4. The molecule has 4 N–H and O–H groups in total. The van der Waals surface area contributed by atoms with Crippen molar-refractivity contribution in [1.29, 1.82) is 0 Å². The van der Waals surface area contributed by atoms with Gasteiger partial charge < -0.3 is 9.47 Å². The highest BCUT2D eigenvalue weighted by atomic mass is 32.2. The molecule has 0 aliphatic rings. The summed E-state index contributed by atoms with van der Waals surface area (Å²) in [6.45, 7) is 0. The molecule has 13 nitrogen and oxygen atoms in total. The Morgan fingerprint density at radius 2 is 1.66 bits per heavy atom. The lowest BCUT2D eigenvalue weighted by Crippen LogP contribution is -2.45. The van der Waals surface area contributed by atoms with Crippen LogP contribution in [0.3, 0.4) is 0 Å². The summed E-state index contributed by atoms with van der Waals surface area (Å²) in [7, 11) is -0.808. The average molecular weight is 426 g/mol. The molecular weight excluding hydrogens is 408 g/mol. The Kier molecular flexibility index (Phi) is 6.87. The molecule has 1 aromatic heterocycles. The Morgan fingerprint density at radius 3 is 2.17 bits per heavy atom. The van der Waals surface area contributed by atoms with E-state index in [1.165, 1.54) is 51.7 Å². The molecule has 2 aromatic rings. The van der Waals surface area contributed by atoms with Crippen molar-refractivity contribution < 1.29 is 32.3 Å². The SMILES string of the molecule is CONC(=O)c1ccccc1N(C(=O)Nc1nc(OC)cc(OC)n1)S(N)(=O)=O. The predicted octanol–water partition coefficient (Wildman–Crippen LogP) is 0.0270. The summed E-state index contributed by atoms with van der Waals surface area (Å²) in [5.41, 5.74) is 1.52. The van der Waals surface area contributed by atoms with Crippen LogP contribution in [0.4, 0.5) is 16.4 Å². The molecule has 3 amide bonds. The van der Waals surface area contributed by atoms with E-state index < -0.39 is 22.1 Å². The number of benzene rings is 1. The van der Waals surface area contributed by atoms with Crippen molar-refractivity contribution in [3.63, 3.8) is 0 Å². The van der Waals surface area contributed by atoms with Gasteiger partial charge in [0.25, 0.3) is 5.91 Å². The zero-order valence-electron chi connectivity index (χ0n) is 15.6. The van der Waals surface area contributed by atoms with Crippen LogP contribution < -0.4 is 29.7 Å². The molecule has 1 heterocycles. The van der Waals surface area contributed by atoms with Crippen LogP contribution in [0.1, 0.15) is 10.4 Å². The molecule has 14 heteroatoms. The summed E-state index contributed by atoms with van der Waals surface area (Å²) < 4.78 is 34.4. The third-order valence-corrected chi connectivity index (χ3v) is 4.19. The minimum atomic E-state index is -4.66. The molecule has 0 bridgehead atoms. The van der Waals surface area contributed by atoms with Gasteiger partial charge in [0.05, 0.1) is 38.6 Å². The Balaban J connectivity index is 2.48. The normalized spacial score (nSPS) is 10.8. The Morgan fingerprint density at radius 1 is 1.07 bits per heavy atom. The number of para-hydroxylation sites is 1. The summed E-state index contributed by atoms with van der Waals surface area (Å²) in [5.74, 6) is -1.02.